The molecule has 0 atom stereocenters. The van der Waals surface area contributed by atoms with Crippen molar-refractivity contribution in [1.82, 2.24) is 4.98 Å². The highest BCUT2D eigenvalue weighted by atomic mass is 35.5. The summed E-state index contributed by atoms with van der Waals surface area (Å²) < 4.78 is 0. The van der Waals surface area contributed by atoms with E-state index in [1.807, 2.05) is 44.2 Å². The molecule has 0 spiro atoms. The lowest BCUT2D eigenvalue weighted by atomic mass is 10.1. The number of hydrogen-bond acceptors (Lipinski definition) is 2. The lowest BCUT2D eigenvalue weighted by molar-refractivity contribution is 1.09. The number of benzene rings is 1. The molecule has 0 aliphatic rings. The van der Waals surface area contributed by atoms with E-state index in [0.717, 1.165) is 28.6 Å². The van der Waals surface area contributed by atoms with Crippen molar-refractivity contribution in [2.45, 2.75) is 20.4 Å². The van der Waals surface area contributed by atoms with Crippen LogP contribution in [-0.4, -0.2) is 4.98 Å². The van der Waals surface area contributed by atoms with E-state index in [4.69, 9.17) is 11.6 Å². The van der Waals surface area contributed by atoms with Gasteiger partial charge < -0.3 is 5.32 Å². The van der Waals surface area contributed by atoms with Gasteiger partial charge in [-0.3, -0.25) is 0 Å². The number of nitrogens with zero attached hydrogens (tertiary/aromatic N) is 1. The van der Waals surface area contributed by atoms with Crippen molar-refractivity contribution in [2.24, 2.45) is 0 Å². The molecular weight excluding hydrogens is 232 g/mol. The van der Waals surface area contributed by atoms with Gasteiger partial charge in [0, 0.05) is 17.3 Å². The number of hydrogen-bond donors (Lipinski definition) is 1. The zero-order valence-electron chi connectivity index (χ0n) is 10.00. The summed E-state index contributed by atoms with van der Waals surface area (Å²) in [5.41, 5.74) is 3.32. The summed E-state index contributed by atoms with van der Waals surface area (Å²) in [6, 6.07) is 12.0. The molecule has 17 heavy (non-hydrogen) atoms. The van der Waals surface area contributed by atoms with Crippen LogP contribution < -0.4 is 5.32 Å². The van der Waals surface area contributed by atoms with Gasteiger partial charge in [-0.05, 0) is 43.2 Å². The third-order valence-electron chi connectivity index (χ3n) is 2.58. The normalized spacial score (nSPS) is 10.3. The van der Waals surface area contributed by atoms with E-state index >= 15 is 0 Å². The maximum atomic E-state index is 5.99. The number of nitrogens with one attached hydrogen (secondary N) is 1. The molecule has 1 aromatic carbocycles. The molecule has 0 radical (unpaired) electrons. The summed E-state index contributed by atoms with van der Waals surface area (Å²) >= 11 is 5.99. The molecule has 0 saturated heterocycles. The minimum absolute atomic E-state index is 0.758. The molecule has 1 N–H and O–H groups in total. The van der Waals surface area contributed by atoms with Gasteiger partial charge in [0.1, 0.15) is 5.82 Å². The van der Waals surface area contributed by atoms with E-state index in [1.54, 1.807) is 0 Å². The Hall–Kier alpha value is -1.54. The monoisotopic (exact) mass is 246 g/mol. The van der Waals surface area contributed by atoms with Gasteiger partial charge in [-0.2, -0.15) is 0 Å². The van der Waals surface area contributed by atoms with Crippen LogP contribution >= 0.6 is 11.6 Å². The number of pyridine rings is 1. The molecule has 0 aliphatic heterocycles. The van der Waals surface area contributed by atoms with Crippen LogP contribution in [0.3, 0.4) is 0 Å². The first-order valence-electron chi connectivity index (χ1n) is 5.58. The van der Waals surface area contributed by atoms with Crippen LogP contribution in [0.15, 0.2) is 36.4 Å². The van der Waals surface area contributed by atoms with Crippen molar-refractivity contribution in [3.05, 3.63) is 58.2 Å². The Morgan fingerprint density at radius 1 is 1.18 bits per heavy atom. The lowest BCUT2D eigenvalue weighted by Crippen LogP contribution is -2.01. The van der Waals surface area contributed by atoms with Crippen molar-refractivity contribution in [1.29, 1.82) is 0 Å². The van der Waals surface area contributed by atoms with E-state index in [0.29, 0.717) is 0 Å². The van der Waals surface area contributed by atoms with Crippen LogP contribution in [0.4, 0.5) is 5.82 Å². The van der Waals surface area contributed by atoms with Gasteiger partial charge in [0.15, 0.2) is 0 Å². The van der Waals surface area contributed by atoms with E-state index < -0.39 is 0 Å². The van der Waals surface area contributed by atoms with Gasteiger partial charge >= 0.3 is 0 Å². The highest BCUT2D eigenvalue weighted by Crippen LogP contribution is 2.17. The van der Waals surface area contributed by atoms with Gasteiger partial charge in [0.25, 0.3) is 0 Å². The summed E-state index contributed by atoms with van der Waals surface area (Å²) in [5, 5.41) is 4.10. The van der Waals surface area contributed by atoms with E-state index in [9.17, 15) is 0 Å². The molecule has 2 nitrogen and oxygen atoms in total. The summed E-state index contributed by atoms with van der Waals surface area (Å²) in [5.74, 6) is 0.901. The van der Waals surface area contributed by atoms with Gasteiger partial charge in [0.2, 0.25) is 0 Å². The third-order valence-corrected chi connectivity index (χ3v) is 3.01. The van der Waals surface area contributed by atoms with Crippen molar-refractivity contribution < 1.29 is 0 Å². The van der Waals surface area contributed by atoms with E-state index in [-0.39, 0.29) is 0 Å². The van der Waals surface area contributed by atoms with Crippen LogP contribution in [0.2, 0.25) is 5.02 Å². The Morgan fingerprint density at radius 3 is 2.71 bits per heavy atom. The molecule has 1 heterocycles. The highest BCUT2D eigenvalue weighted by Gasteiger charge is 1.98. The van der Waals surface area contributed by atoms with Crippen molar-refractivity contribution in [3.8, 4) is 0 Å². The van der Waals surface area contributed by atoms with Crippen molar-refractivity contribution >= 4 is 17.4 Å². The molecule has 2 aromatic rings. The summed E-state index contributed by atoms with van der Waals surface area (Å²) in [7, 11) is 0. The second-order valence-electron chi connectivity index (χ2n) is 4.10. The molecule has 1 aromatic heterocycles. The Morgan fingerprint density at radius 2 is 2.00 bits per heavy atom. The maximum absolute atomic E-state index is 5.99. The predicted octanol–water partition coefficient (Wildman–Crippen LogP) is 3.96. The second-order valence-corrected chi connectivity index (χ2v) is 4.51. The third kappa shape index (κ3) is 3.21. The fourth-order valence-corrected chi connectivity index (χ4v) is 1.77. The first-order chi connectivity index (χ1) is 8.15. The molecule has 3 heteroatoms. The zero-order chi connectivity index (χ0) is 12.3. The molecular formula is C14H15ClN2. The van der Waals surface area contributed by atoms with E-state index in [1.165, 1.54) is 5.56 Å². The number of anilines is 1. The molecule has 0 aliphatic carbocycles. The highest BCUT2D eigenvalue weighted by molar-refractivity contribution is 6.31. The first-order valence-corrected chi connectivity index (χ1v) is 5.95. The molecule has 0 unspecified atom stereocenters. The number of aryl methyl sites for hydroxylation is 2. The first kappa shape index (κ1) is 11.9. The Bertz CT molecular complexity index is 523. The minimum Gasteiger partial charge on any atom is -0.366 e. The average Bonchev–Trinajstić information content (AvgIpc) is 2.31. The minimum atomic E-state index is 0.758. The second kappa shape index (κ2) is 5.19. The molecule has 0 amide bonds. The smallest absolute Gasteiger partial charge is 0.126 e. The topological polar surface area (TPSA) is 24.9 Å². The quantitative estimate of drug-likeness (QED) is 0.887. The lowest BCUT2D eigenvalue weighted by Gasteiger charge is -2.07. The SMILES string of the molecule is Cc1cccc(NCc2ccc(Cl)c(C)c2)n1. The van der Waals surface area contributed by atoms with Crippen LogP contribution in [-0.2, 0) is 6.54 Å². The van der Waals surface area contributed by atoms with Gasteiger partial charge in [-0.1, -0.05) is 29.8 Å². The Labute approximate surface area is 107 Å². The standard InChI is InChI=1S/C14H15ClN2/c1-10-8-12(6-7-13(10)15)9-16-14-5-3-4-11(2)17-14/h3-8H,9H2,1-2H3,(H,16,17). The van der Waals surface area contributed by atoms with Gasteiger partial charge in [-0.25, -0.2) is 4.98 Å². The largest absolute Gasteiger partial charge is 0.366 e. The summed E-state index contributed by atoms with van der Waals surface area (Å²) in [6.45, 7) is 4.75. The van der Waals surface area contributed by atoms with Crippen molar-refractivity contribution in [3.63, 3.8) is 0 Å². The maximum Gasteiger partial charge on any atom is 0.126 e. The molecule has 88 valence electrons. The zero-order valence-corrected chi connectivity index (χ0v) is 10.8. The van der Waals surface area contributed by atoms with Gasteiger partial charge in [0.05, 0.1) is 0 Å². The van der Waals surface area contributed by atoms with Crippen LogP contribution in [0.25, 0.3) is 0 Å². The fraction of sp³-hybridized carbons (Fsp3) is 0.214. The molecule has 0 bridgehead atoms. The van der Waals surface area contributed by atoms with E-state index in [2.05, 4.69) is 16.4 Å². The summed E-state index contributed by atoms with van der Waals surface area (Å²) in [6.07, 6.45) is 0. The average molecular weight is 247 g/mol. The molecule has 2 rings (SSSR count). The number of rotatable bonds is 3. The van der Waals surface area contributed by atoms with Crippen LogP contribution in [0.1, 0.15) is 16.8 Å². The Balaban J connectivity index is 2.05. The predicted molar refractivity (Wildman–Crippen MR) is 72.5 cm³/mol. The van der Waals surface area contributed by atoms with Crippen LogP contribution in [0.5, 0.6) is 0 Å². The summed E-state index contributed by atoms with van der Waals surface area (Å²) in [4.78, 5) is 4.39. The van der Waals surface area contributed by atoms with Crippen LogP contribution in [0, 0.1) is 13.8 Å². The Kier molecular flexibility index (Phi) is 3.64. The number of halogens is 1. The fourth-order valence-electron chi connectivity index (χ4n) is 1.65. The number of aromatic nitrogens is 1. The molecule has 0 fully saturated rings. The molecule has 0 saturated carbocycles. The van der Waals surface area contributed by atoms with Crippen molar-refractivity contribution in [2.75, 3.05) is 5.32 Å². The van der Waals surface area contributed by atoms with Gasteiger partial charge in [-0.15, -0.1) is 0 Å².